The van der Waals surface area contributed by atoms with E-state index >= 15 is 0 Å². The van der Waals surface area contributed by atoms with E-state index in [9.17, 15) is 19.2 Å². The second-order valence-corrected chi connectivity index (χ2v) is 12.7. The molecular formula is C42H58Cl2N4O5. The lowest BCUT2D eigenvalue weighted by atomic mass is 10.1. The van der Waals surface area contributed by atoms with E-state index in [0.29, 0.717) is 26.2 Å². The molecule has 2 N–H and O–H groups in total. The van der Waals surface area contributed by atoms with Crippen LogP contribution in [0, 0.1) is 13.8 Å². The van der Waals surface area contributed by atoms with E-state index in [2.05, 4.69) is 22.5 Å². The van der Waals surface area contributed by atoms with Gasteiger partial charge in [0.05, 0.1) is 10.4 Å². The minimum absolute atomic E-state index is 0.0202. The fraction of sp³-hybridized carbons (Fsp3) is 0.429. The van der Waals surface area contributed by atoms with Crippen molar-refractivity contribution in [3.63, 3.8) is 0 Å². The molecule has 9 nitrogen and oxygen atoms in total. The van der Waals surface area contributed by atoms with Gasteiger partial charge in [-0.1, -0.05) is 100 Å². The van der Waals surface area contributed by atoms with E-state index in [0.717, 1.165) is 47.3 Å². The molecule has 0 radical (unpaired) electrons. The summed E-state index contributed by atoms with van der Waals surface area (Å²) in [7, 11) is 0. The monoisotopic (exact) mass is 768 g/mol. The number of carbonyl (C=O) groups is 3. The molecule has 53 heavy (non-hydrogen) atoms. The Morgan fingerprint density at radius 1 is 0.868 bits per heavy atom. The number of aryl methyl sites for hydroxylation is 2. The van der Waals surface area contributed by atoms with Crippen LogP contribution in [0.15, 0.2) is 75.9 Å². The highest BCUT2D eigenvalue weighted by Crippen LogP contribution is 2.25. The van der Waals surface area contributed by atoms with Crippen molar-refractivity contribution in [1.29, 1.82) is 0 Å². The average Bonchev–Trinajstić information content (AvgIpc) is 3.15. The number of unbranched alkanes of at least 4 members (excludes halogenated alkanes) is 1. The highest BCUT2D eigenvalue weighted by atomic mass is 35.5. The highest BCUT2D eigenvalue weighted by molar-refractivity contribution is 6.34. The Balaban J connectivity index is 0.00000101. The van der Waals surface area contributed by atoms with E-state index in [1.807, 2.05) is 97.0 Å². The third-order valence-electron chi connectivity index (χ3n) is 7.89. The summed E-state index contributed by atoms with van der Waals surface area (Å²) >= 11 is 11.8. The van der Waals surface area contributed by atoms with Crippen LogP contribution in [0.5, 0.6) is 0 Å². The molecule has 1 atom stereocenters. The molecule has 0 aliphatic carbocycles. The molecule has 3 amide bonds. The normalized spacial score (nSPS) is 10.6. The number of fused-ring (bicyclic) bond motifs is 1. The smallest absolute Gasteiger partial charge is 0.287 e. The van der Waals surface area contributed by atoms with E-state index in [1.165, 1.54) is 5.56 Å². The predicted molar refractivity (Wildman–Crippen MR) is 221 cm³/mol. The minimum Gasteiger partial charge on any atom is -0.449 e. The Kier molecular flexibility index (Phi) is 21.9. The molecule has 0 aliphatic heterocycles. The maximum Gasteiger partial charge on any atom is 0.287 e. The van der Waals surface area contributed by atoms with E-state index in [-0.39, 0.29) is 33.6 Å². The summed E-state index contributed by atoms with van der Waals surface area (Å²) < 4.78 is 5.62. The van der Waals surface area contributed by atoms with Crippen molar-refractivity contribution in [2.24, 2.45) is 0 Å². The Hall–Kier alpha value is -4.34. The summed E-state index contributed by atoms with van der Waals surface area (Å²) in [5, 5.41) is 6.80. The number of nitrogens with zero attached hydrogens (tertiary/aromatic N) is 2. The second kappa shape index (κ2) is 24.8. The molecule has 3 aromatic carbocycles. The molecule has 0 bridgehead atoms. The highest BCUT2D eigenvalue weighted by Gasteiger charge is 2.21. The van der Waals surface area contributed by atoms with Crippen LogP contribution in [0.1, 0.15) is 95.5 Å². The number of amides is 3. The summed E-state index contributed by atoms with van der Waals surface area (Å²) in [6.07, 6.45) is 1.98. The number of nitrogens with one attached hydrogen (secondary N) is 2. The zero-order valence-electron chi connectivity index (χ0n) is 33.1. The van der Waals surface area contributed by atoms with Crippen molar-refractivity contribution >= 4 is 57.6 Å². The maximum atomic E-state index is 12.8. The first-order chi connectivity index (χ1) is 25.3. The number of hydrogen-bond donors (Lipinski definition) is 2. The number of para-hydroxylation sites is 1. The molecule has 1 heterocycles. The minimum atomic E-state index is -0.873. The largest absolute Gasteiger partial charge is 0.449 e. The van der Waals surface area contributed by atoms with Gasteiger partial charge < -0.3 is 24.9 Å². The summed E-state index contributed by atoms with van der Waals surface area (Å²) in [5.41, 5.74) is 3.85. The quantitative estimate of drug-likeness (QED) is 0.140. The van der Waals surface area contributed by atoms with Crippen molar-refractivity contribution in [3.8, 4) is 0 Å². The summed E-state index contributed by atoms with van der Waals surface area (Å²) in [5.74, 6) is -1.26. The van der Waals surface area contributed by atoms with Crippen molar-refractivity contribution in [2.75, 3.05) is 31.1 Å². The number of carbonyl (C=O) groups excluding carboxylic acids is 3. The summed E-state index contributed by atoms with van der Waals surface area (Å²) in [6.45, 7) is 21.9. The fourth-order valence-corrected chi connectivity index (χ4v) is 5.54. The van der Waals surface area contributed by atoms with Gasteiger partial charge in [0.1, 0.15) is 6.04 Å². The zero-order chi connectivity index (χ0) is 40.1. The lowest BCUT2D eigenvalue weighted by Gasteiger charge is -2.29. The van der Waals surface area contributed by atoms with Crippen LogP contribution in [-0.2, 0) is 16.1 Å². The van der Waals surface area contributed by atoms with Crippen molar-refractivity contribution < 1.29 is 18.8 Å². The van der Waals surface area contributed by atoms with Gasteiger partial charge in [-0.25, -0.2) is 0 Å². The fourth-order valence-electron chi connectivity index (χ4n) is 5.10. The van der Waals surface area contributed by atoms with Gasteiger partial charge in [0.25, 0.3) is 5.91 Å². The molecule has 4 aromatic rings. The lowest BCUT2D eigenvalue weighted by Crippen LogP contribution is -2.47. The number of benzene rings is 3. The van der Waals surface area contributed by atoms with Gasteiger partial charge in [0.15, 0.2) is 16.8 Å². The Labute approximate surface area is 326 Å². The number of anilines is 1. The third kappa shape index (κ3) is 15.3. The predicted octanol–water partition coefficient (Wildman–Crippen LogP) is 9.37. The van der Waals surface area contributed by atoms with Crippen molar-refractivity contribution in [3.05, 3.63) is 109 Å². The molecule has 4 rings (SSSR count). The molecule has 0 saturated heterocycles. The average molecular weight is 770 g/mol. The Bertz CT molecular complexity index is 1770. The van der Waals surface area contributed by atoms with Crippen molar-refractivity contribution in [2.45, 2.75) is 94.7 Å². The SMILES string of the molecule is CC.CC.CCCCN(CCNC(=O)C(C)NC(=O)c1cc(=O)c2cc(C)cc(Cl)c2o1)c1ccccc1CN(CC)C(C)=O.Cc1ccc(Cl)cc1. The third-order valence-corrected chi connectivity index (χ3v) is 8.42. The number of rotatable bonds is 13. The Morgan fingerprint density at radius 3 is 2.09 bits per heavy atom. The van der Waals surface area contributed by atoms with Crippen LogP contribution in [-0.4, -0.2) is 54.8 Å². The van der Waals surface area contributed by atoms with Gasteiger partial charge in [0, 0.05) is 56.4 Å². The molecule has 0 aliphatic rings. The van der Waals surface area contributed by atoms with Crippen LogP contribution >= 0.6 is 23.2 Å². The van der Waals surface area contributed by atoms with Crippen LogP contribution in [0.4, 0.5) is 5.69 Å². The van der Waals surface area contributed by atoms with Gasteiger partial charge in [-0.15, -0.1) is 0 Å². The van der Waals surface area contributed by atoms with Gasteiger partial charge >= 0.3 is 0 Å². The summed E-state index contributed by atoms with van der Waals surface area (Å²) in [6, 6.07) is 19.3. The van der Waals surface area contributed by atoms with Crippen LogP contribution in [0.25, 0.3) is 11.0 Å². The van der Waals surface area contributed by atoms with Gasteiger partial charge in [0.2, 0.25) is 11.8 Å². The van der Waals surface area contributed by atoms with Gasteiger partial charge in [-0.05, 0) is 75.6 Å². The van der Waals surface area contributed by atoms with Crippen LogP contribution < -0.4 is 21.0 Å². The van der Waals surface area contributed by atoms with Crippen LogP contribution in [0.2, 0.25) is 10.0 Å². The molecule has 0 saturated carbocycles. The standard InChI is InChI=1S/C31H39ClN4O5.C7H7Cl.2C2H6/c1-6-8-14-36(26-12-10-9-11-23(26)19-35(7-2)22(5)37)15-13-33-30(39)21(4)34-31(40)28-18-27(38)24-16-20(3)17-25(32)29(24)41-28;1-6-2-4-7(8)5-3-6;2*1-2/h9-12,16-18,21H,6-8,13-15,19H2,1-5H3,(H,33,39)(H,34,40);2-5H,1H3;2*1-2H3. The molecule has 290 valence electrons. The molecule has 11 heteroatoms. The second-order valence-electron chi connectivity index (χ2n) is 11.9. The maximum absolute atomic E-state index is 12.8. The molecular weight excluding hydrogens is 711 g/mol. The first kappa shape index (κ1) is 46.7. The van der Waals surface area contributed by atoms with Gasteiger partial charge in [-0.2, -0.15) is 0 Å². The van der Waals surface area contributed by atoms with E-state index < -0.39 is 17.4 Å². The number of hydrogen-bond acceptors (Lipinski definition) is 6. The topological polar surface area (TPSA) is 112 Å². The lowest BCUT2D eigenvalue weighted by molar-refractivity contribution is -0.129. The summed E-state index contributed by atoms with van der Waals surface area (Å²) in [4.78, 5) is 54.2. The zero-order valence-corrected chi connectivity index (χ0v) is 34.6. The van der Waals surface area contributed by atoms with E-state index in [4.69, 9.17) is 27.6 Å². The Morgan fingerprint density at radius 2 is 1.51 bits per heavy atom. The first-order valence-electron chi connectivity index (χ1n) is 18.5. The van der Waals surface area contributed by atoms with Gasteiger partial charge in [-0.3, -0.25) is 19.2 Å². The van der Waals surface area contributed by atoms with Crippen LogP contribution in [0.3, 0.4) is 0 Å². The van der Waals surface area contributed by atoms with E-state index in [1.54, 1.807) is 30.9 Å². The molecule has 1 unspecified atom stereocenters. The molecule has 1 aromatic heterocycles. The number of halogens is 2. The van der Waals surface area contributed by atoms with Crippen molar-refractivity contribution in [1.82, 2.24) is 15.5 Å². The first-order valence-corrected chi connectivity index (χ1v) is 19.2. The molecule has 0 fully saturated rings. The molecule has 0 spiro atoms.